The molecule has 0 aliphatic heterocycles. The lowest BCUT2D eigenvalue weighted by Crippen LogP contribution is -2.45. The second kappa shape index (κ2) is 7.94. The minimum Gasteiger partial charge on any atom is -0.391 e. The molecule has 0 fully saturated rings. The number of carbonyl (C=O) groups is 1. The number of aliphatic hydroxyl groups is 1. The molecule has 0 radical (unpaired) electrons. The van der Waals surface area contributed by atoms with E-state index in [4.69, 9.17) is 0 Å². The number of para-hydroxylation sites is 1. The number of nitrogens with zero attached hydrogens (tertiary/aromatic N) is 1. The smallest absolute Gasteiger partial charge is 0.224 e. The van der Waals surface area contributed by atoms with Crippen molar-refractivity contribution in [2.45, 2.75) is 38.3 Å². The first kappa shape index (κ1) is 17.2. The number of nitrogens with one attached hydrogen (secondary N) is 2. The molecule has 3 rings (SSSR count). The van der Waals surface area contributed by atoms with Crippen LogP contribution in [-0.2, 0) is 17.6 Å². The van der Waals surface area contributed by atoms with E-state index in [2.05, 4.69) is 21.4 Å². The Morgan fingerprint density at radius 1 is 1.24 bits per heavy atom. The van der Waals surface area contributed by atoms with Gasteiger partial charge in [-0.05, 0) is 42.2 Å². The number of H-pyrrole nitrogens is 1. The number of aliphatic hydroxyl groups excluding tert-OH is 1. The normalized spacial score (nSPS) is 13.5. The largest absolute Gasteiger partial charge is 0.391 e. The Balaban J connectivity index is 1.72. The molecule has 3 aromatic rings. The SMILES string of the molecule is CCC(O)C(Cc1c[nH]c2ccccc12)NC(=O)Cc1ccncc1. The fourth-order valence-electron chi connectivity index (χ4n) is 3.05. The molecule has 2 heterocycles. The summed E-state index contributed by atoms with van der Waals surface area (Å²) in [6.45, 7) is 1.92. The summed E-state index contributed by atoms with van der Waals surface area (Å²) in [5.41, 5.74) is 3.06. The first-order chi connectivity index (χ1) is 12.2. The van der Waals surface area contributed by atoms with Crippen LogP contribution in [0.5, 0.6) is 0 Å². The van der Waals surface area contributed by atoms with Crippen LogP contribution in [0.15, 0.2) is 55.0 Å². The monoisotopic (exact) mass is 337 g/mol. The number of pyridine rings is 1. The van der Waals surface area contributed by atoms with Crippen molar-refractivity contribution >= 4 is 16.8 Å². The fraction of sp³-hybridized carbons (Fsp3) is 0.300. The average Bonchev–Trinajstić information content (AvgIpc) is 3.04. The Morgan fingerprint density at radius 3 is 2.76 bits per heavy atom. The number of hydrogen-bond acceptors (Lipinski definition) is 3. The standard InChI is InChI=1S/C20H23N3O2/c1-2-19(24)18(23-20(25)11-14-7-9-21-10-8-14)12-15-13-22-17-6-4-3-5-16(15)17/h3-10,13,18-19,22,24H,2,11-12H2,1H3,(H,23,25). The van der Waals surface area contributed by atoms with Crippen LogP contribution in [-0.4, -0.2) is 33.1 Å². The van der Waals surface area contributed by atoms with Gasteiger partial charge in [0.1, 0.15) is 0 Å². The van der Waals surface area contributed by atoms with E-state index in [1.165, 1.54) is 0 Å². The van der Waals surface area contributed by atoms with Gasteiger partial charge in [0.15, 0.2) is 0 Å². The minimum absolute atomic E-state index is 0.0939. The van der Waals surface area contributed by atoms with Gasteiger partial charge in [0.25, 0.3) is 0 Å². The second-order valence-electron chi connectivity index (χ2n) is 6.25. The number of amides is 1. The van der Waals surface area contributed by atoms with Crippen LogP contribution in [0.25, 0.3) is 10.9 Å². The predicted octanol–water partition coefficient (Wildman–Crippen LogP) is 2.60. The number of hydrogen-bond donors (Lipinski definition) is 3. The zero-order valence-corrected chi connectivity index (χ0v) is 14.3. The van der Waals surface area contributed by atoms with E-state index in [1.807, 2.05) is 43.5 Å². The van der Waals surface area contributed by atoms with Crippen LogP contribution in [0.2, 0.25) is 0 Å². The molecule has 0 aliphatic carbocycles. The number of benzene rings is 1. The van der Waals surface area contributed by atoms with Gasteiger partial charge in [0.05, 0.1) is 18.6 Å². The number of rotatable bonds is 7. The van der Waals surface area contributed by atoms with E-state index in [-0.39, 0.29) is 18.4 Å². The molecular weight excluding hydrogens is 314 g/mol. The van der Waals surface area contributed by atoms with Crippen molar-refractivity contribution in [1.29, 1.82) is 0 Å². The highest BCUT2D eigenvalue weighted by atomic mass is 16.3. The third-order valence-electron chi connectivity index (χ3n) is 4.46. The Labute approximate surface area is 147 Å². The van der Waals surface area contributed by atoms with Crippen LogP contribution < -0.4 is 5.32 Å². The molecule has 1 amide bonds. The van der Waals surface area contributed by atoms with Gasteiger partial charge >= 0.3 is 0 Å². The predicted molar refractivity (Wildman–Crippen MR) is 98.2 cm³/mol. The topological polar surface area (TPSA) is 78.0 Å². The summed E-state index contributed by atoms with van der Waals surface area (Å²) in [7, 11) is 0. The number of aromatic amines is 1. The van der Waals surface area contributed by atoms with Crippen LogP contribution in [0.1, 0.15) is 24.5 Å². The quantitative estimate of drug-likeness (QED) is 0.620. The molecule has 0 saturated heterocycles. The third kappa shape index (κ3) is 4.25. The van der Waals surface area contributed by atoms with Crippen LogP contribution in [0.4, 0.5) is 0 Å². The van der Waals surface area contributed by atoms with E-state index >= 15 is 0 Å². The molecule has 1 aromatic carbocycles. The number of aromatic nitrogens is 2. The van der Waals surface area contributed by atoms with Crippen molar-refractivity contribution in [3.8, 4) is 0 Å². The van der Waals surface area contributed by atoms with Gasteiger partial charge in [-0.25, -0.2) is 0 Å². The van der Waals surface area contributed by atoms with E-state index < -0.39 is 6.10 Å². The van der Waals surface area contributed by atoms with Crippen LogP contribution in [0, 0.1) is 0 Å². The maximum atomic E-state index is 12.4. The average molecular weight is 337 g/mol. The molecule has 0 saturated carbocycles. The van der Waals surface area contributed by atoms with Crippen molar-refractivity contribution in [1.82, 2.24) is 15.3 Å². The zero-order valence-electron chi connectivity index (χ0n) is 14.3. The molecule has 5 heteroatoms. The highest BCUT2D eigenvalue weighted by Gasteiger charge is 2.21. The molecule has 2 aromatic heterocycles. The molecule has 2 atom stereocenters. The van der Waals surface area contributed by atoms with E-state index in [9.17, 15) is 9.90 Å². The lowest BCUT2D eigenvalue weighted by atomic mass is 9.99. The summed E-state index contributed by atoms with van der Waals surface area (Å²) in [4.78, 5) is 19.6. The Kier molecular flexibility index (Phi) is 5.46. The summed E-state index contributed by atoms with van der Waals surface area (Å²) in [5, 5.41) is 14.5. The summed E-state index contributed by atoms with van der Waals surface area (Å²) < 4.78 is 0. The fourth-order valence-corrected chi connectivity index (χ4v) is 3.05. The first-order valence-electron chi connectivity index (χ1n) is 8.58. The molecule has 5 nitrogen and oxygen atoms in total. The molecule has 0 spiro atoms. The summed E-state index contributed by atoms with van der Waals surface area (Å²) in [5.74, 6) is -0.0939. The summed E-state index contributed by atoms with van der Waals surface area (Å²) >= 11 is 0. The van der Waals surface area contributed by atoms with Gasteiger partial charge in [0, 0.05) is 29.5 Å². The van der Waals surface area contributed by atoms with Crippen molar-refractivity contribution in [3.63, 3.8) is 0 Å². The molecule has 2 unspecified atom stereocenters. The minimum atomic E-state index is -0.588. The maximum Gasteiger partial charge on any atom is 0.224 e. The Hall–Kier alpha value is -2.66. The van der Waals surface area contributed by atoms with Crippen LogP contribution >= 0.6 is 0 Å². The maximum absolute atomic E-state index is 12.4. The van der Waals surface area contributed by atoms with Gasteiger partial charge in [-0.15, -0.1) is 0 Å². The van der Waals surface area contributed by atoms with Gasteiger partial charge in [-0.3, -0.25) is 9.78 Å². The van der Waals surface area contributed by atoms with Gasteiger partial charge < -0.3 is 15.4 Å². The highest BCUT2D eigenvalue weighted by Crippen LogP contribution is 2.20. The first-order valence-corrected chi connectivity index (χ1v) is 8.58. The van der Waals surface area contributed by atoms with Crippen LogP contribution in [0.3, 0.4) is 0 Å². The molecule has 0 bridgehead atoms. The lowest BCUT2D eigenvalue weighted by Gasteiger charge is -2.23. The Morgan fingerprint density at radius 2 is 2.00 bits per heavy atom. The molecule has 3 N–H and O–H groups in total. The summed E-state index contributed by atoms with van der Waals surface area (Å²) in [6, 6.07) is 11.4. The molecule has 0 aliphatic rings. The molecule has 25 heavy (non-hydrogen) atoms. The molecular formula is C20H23N3O2. The Bertz CT molecular complexity index is 829. The zero-order chi connectivity index (χ0) is 17.6. The van der Waals surface area contributed by atoms with Gasteiger partial charge in [-0.2, -0.15) is 0 Å². The number of fused-ring (bicyclic) bond motifs is 1. The highest BCUT2D eigenvalue weighted by molar-refractivity contribution is 5.83. The number of carbonyl (C=O) groups excluding carboxylic acids is 1. The van der Waals surface area contributed by atoms with Gasteiger partial charge in [-0.1, -0.05) is 25.1 Å². The van der Waals surface area contributed by atoms with Crippen molar-refractivity contribution in [2.75, 3.05) is 0 Å². The van der Waals surface area contributed by atoms with Crippen molar-refractivity contribution in [2.24, 2.45) is 0 Å². The van der Waals surface area contributed by atoms with E-state index in [0.717, 1.165) is 22.0 Å². The van der Waals surface area contributed by atoms with Crippen molar-refractivity contribution in [3.05, 3.63) is 66.1 Å². The summed E-state index contributed by atoms with van der Waals surface area (Å²) in [6.07, 6.45) is 6.16. The third-order valence-corrected chi connectivity index (χ3v) is 4.46. The van der Waals surface area contributed by atoms with E-state index in [0.29, 0.717) is 12.8 Å². The lowest BCUT2D eigenvalue weighted by molar-refractivity contribution is -0.122. The van der Waals surface area contributed by atoms with Gasteiger partial charge in [0.2, 0.25) is 5.91 Å². The molecule has 130 valence electrons. The van der Waals surface area contributed by atoms with E-state index in [1.54, 1.807) is 12.4 Å². The van der Waals surface area contributed by atoms with Crippen molar-refractivity contribution < 1.29 is 9.90 Å². The second-order valence-corrected chi connectivity index (χ2v) is 6.25.